The number of benzene rings is 3. The third kappa shape index (κ3) is 5.43. The van der Waals surface area contributed by atoms with Crippen molar-refractivity contribution in [2.75, 3.05) is 13.2 Å². The molecule has 0 saturated heterocycles. The number of amides is 1. The molecule has 0 aliphatic carbocycles. The van der Waals surface area contributed by atoms with E-state index < -0.39 is 11.9 Å². The lowest BCUT2D eigenvalue weighted by molar-refractivity contribution is -0.139. The van der Waals surface area contributed by atoms with E-state index in [1.165, 1.54) is 12.1 Å². The molecule has 170 valence electrons. The zero-order valence-electron chi connectivity index (χ0n) is 17.5. The number of carboxylic acids is 1. The first kappa shape index (κ1) is 22.6. The highest BCUT2D eigenvalue weighted by Gasteiger charge is 2.29. The van der Waals surface area contributed by atoms with Crippen molar-refractivity contribution in [3.8, 4) is 17.2 Å². The minimum absolute atomic E-state index is 0.233. The molecule has 0 saturated carbocycles. The van der Waals surface area contributed by atoms with Gasteiger partial charge in [-0.3, -0.25) is 9.59 Å². The van der Waals surface area contributed by atoms with Gasteiger partial charge in [-0.2, -0.15) is 0 Å². The van der Waals surface area contributed by atoms with E-state index in [1.807, 2.05) is 0 Å². The summed E-state index contributed by atoms with van der Waals surface area (Å²) in [6, 6.07) is 15.9. The van der Waals surface area contributed by atoms with E-state index in [2.05, 4.69) is 5.32 Å². The molecule has 1 aliphatic heterocycles. The van der Waals surface area contributed by atoms with Crippen LogP contribution >= 0.6 is 11.6 Å². The quantitative estimate of drug-likeness (QED) is 0.497. The zero-order valence-corrected chi connectivity index (χ0v) is 18.3. The largest absolute Gasteiger partial charge is 0.493 e. The summed E-state index contributed by atoms with van der Waals surface area (Å²) < 4.78 is 24.4. The van der Waals surface area contributed by atoms with E-state index in [0.717, 1.165) is 5.56 Å². The molecule has 8 heteroatoms. The van der Waals surface area contributed by atoms with E-state index in [1.54, 1.807) is 48.5 Å². The Labute approximate surface area is 194 Å². The number of hydrogen-bond donors (Lipinski definition) is 2. The molecule has 0 bridgehead atoms. The standard InChI is InChI=1S/C25H21ClFNO5/c26-21-13-20-19(25(30)31)10-12-32-22(20)14-23(21)33-18-7-3-16(4-8-18)24(29)28-11-9-15-1-5-17(27)6-2-15/h1-8,13-14,19H,9-12H2,(H,28,29)(H,30,31). The van der Waals surface area contributed by atoms with Gasteiger partial charge in [-0.1, -0.05) is 23.7 Å². The van der Waals surface area contributed by atoms with Crippen molar-refractivity contribution >= 4 is 23.5 Å². The van der Waals surface area contributed by atoms with Crippen molar-refractivity contribution in [1.29, 1.82) is 0 Å². The average molecular weight is 470 g/mol. The van der Waals surface area contributed by atoms with Crippen LogP contribution in [0.15, 0.2) is 60.7 Å². The van der Waals surface area contributed by atoms with Crippen LogP contribution in [0.25, 0.3) is 0 Å². The number of halogens is 2. The second-order valence-electron chi connectivity index (χ2n) is 7.61. The molecule has 4 rings (SSSR count). The third-order valence-corrected chi connectivity index (χ3v) is 5.65. The van der Waals surface area contributed by atoms with E-state index in [4.69, 9.17) is 21.1 Å². The summed E-state index contributed by atoms with van der Waals surface area (Å²) in [5.74, 6) is -0.882. The normalized spacial score (nSPS) is 14.7. The number of nitrogens with one attached hydrogen (secondary N) is 1. The fourth-order valence-electron chi connectivity index (χ4n) is 3.60. The molecule has 1 aliphatic rings. The van der Waals surface area contributed by atoms with Gasteiger partial charge in [0, 0.05) is 23.7 Å². The first-order chi connectivity index (χ1) is 15.9. The molecule has 3 aromatic carbocycles. The molecule has 1 heterocycles. The Morgan fingerprint density at radius 1 is 1.12 bits per heavy atom. The van der Waals surface area contributed by atoms with Crippen LogP contribution in [0.2, 0.25) is 5.02 Å². The summed E-state index contributed by atoms with van der Waals surface area (Å²) in [6.45, 7) is 0.723. The maximum absolute atomic E-state index is 13.0. The number of carboxylic acid groups (broad SMARTS) is 1. The second kappa shape index (κ2) is 9.92. The lowest BCUT2D eigenvalue weighted by Crippen LogP contribution is -2.25. The van der Waals surface area contributed by atoms with Crippen LogP contribution in [-0.4, -0.2) is 30.1 Å². The summed E-state index contributed by atoms with van der Waals surface area (Å²) in [7, 11) is 0. The van der Waals surface area contributed by atoms with Crippen LogP contribution in [0.4, 0.5) is 4.39 Å². The highest BCUT2D eigenvalue weighted by atomic mass is 35.5. The van der Waals surface area contributed by atoms with Gasteiger partial charge in [-0.05, 0) is 60.9 Å². The Balaban J connectivity index is 1.38. The lowest BCUT2D eigenvalue weighted by Gasteiger charge is -2.24. The molecule has 0 radical (unpaired) electrons. The number of rotatable bonds is 7. The van der Waals surface area contributed by atoms with Crippen LogP contribution in [0, 0.1) is 5.82 Å². The fourth-order valence-corrected chi connectivity index (χ4v) is 3.81. The van der Waals surface area contributed by atoms with Crippen molar-refractivity contribution in [3.63, 3.8) is 0 Å². The lowest BCUT2D eigenvalue weighted by atomic mass is 9.93. The molecular formula is C25H21ClFNO5. The molecule has 3 aromatic rings. The molecule has 1 unspecified atom stereocenters. The number of carbonyl (C=O) groups excluding carboxylic acids is 1. The molecule has 6 nitrogen and oxygen atoms in total. The first-order valence-corrected chi connectivity index (χ1v) is 10.8. The number of aliphatic carboxylic acids is 1. The van der Waals surface area contributed by atoms with Gasteiger partial charge >= 0.3 is 5.97 Å². The molecule has 0 fully saturated rings. The Bertz CT molecular complexity index is 1160. The molecular weight excluding hydrogens is 449 g/mol. The Morgan fingerprint density at radius 2 is 1.85 bits per heavy atom. The summed E-state index contributed by atoms with van der Waals surface area (Å²) in [5, 5.41) is 12.5. The van der Waals surface area contributed by atoms with Crippen LogP contribution in [0.5, 0.6) is 17.2 Å². The van der Waals surface area contributed by atoms with Crippen molar-refractivity contribution in [2.24, 2.45) is 0 Å². The SMILES string of the molecule is O=C(NCCc1ccc(F)cc1)c1ccc(Oc2cc3c(cc2Cl)C(C(=O)O)CCO3)cc1. The van der Waals surface area contributed by atoms with Crippen molar-refractivity contribution in [3.05, 3.63) is 88.2 Å². The van der Waals surface area contributed by atoms with Crippen LogP contribution in [0.1, 0.15) is 33.8 Å². The molecule has 0 spiro atoms. The highest BCUT2D eigenvalue weighted by Crippen LogP contribution is 2.41. The smallest absolute Gasteiger partial charge is 0.311 e. The topological polar surface area (TPSA) is 84.9 Å². The first-order valence-electron chi connectivity index (χ1n) is 10.4. The maximum atomic E-state index is 13.0. The summed E-state index contributed by atoms with van der Waals surface area (Å²) in [6.07, 6.45) is 0.973. The Hall–Kier alpha value is -3.58. The van der Waals surface area contributed by atoms with E-state index in [-0.39, 0.29) is 16.7 Å². The average Bonchev–Trinajstić information content (AvgIpc) is 2.81. The minimum Gasteiger partial charge on any atom is -0.493 e. The predicted octanol–water partition coefficient (Wildman–Crippen LogP) is 5.19. The van der Waals surface area contributed by atoms with Gasteiger partial charge in [0.15, 0.2) is 0 Å². The number of ether oxygens (including phenoxy) is 2. The maximum Gasteiger partial charge on any atom is 0.311 e. The van der Waals surface area contributed by atoms with Gasteiger partial charge in [-0.25, -0.2) is 4.39 Å². The van der Waals surface area contributed by atoms with E-state index in [0.29, 0.717) is 54.4 Å². The Morgan fingerprint density at radius 3 is 2.55 bits per heavy atom. The molecule has 1 amide bonds. The van der Waals surface area contributed by atoms with Crippen molar-refractivity contribution in [1.82, 2.24) is 5.32 Å². The van der Waals surface area contributed by atoms with Gasteiger partial charge < -0.3 is 19.9 Å². The van der Waals surface area contributed by atoms with Crippen LogP contribution in [-0.2, 0) is 11.2 Å². The molecule has 1 atom stereocenters. The third-order valence-electron chi connectivity index (χ3n) is 5.36. The van der Waals surface area contributed by atoms with Crippen LogP contribution < -0.4 is 14.8 Å². The summed E-state index contributed by atoms with van der Waals surface area (Å²) >= 11 is 6.32. The van der Waals surface area contributed by atoms with E-state index >= 15 is 0 Å². The number of carbonyl (C=O) groups is 2. The highest BCUT2D eigenvalue weighted by molar-refractivity contribution is 6.32. The molecule has 2 N–H and O–H groups in total. The van der Waals surface area contributed by atoms with Crippen molar-refractivity contribution < 1.29 is 28.6 Å². The zero-order chi connectivity index (χ0) is 23.4. The predicted molar refractivity (Wildman–Crippen MR) is 121 cm³/mol. The monoisotopic (exact) mass is 469 g/mol. The van der Waals surface area contributed by atoms with Crippen molar-refractivity contribution in [2.45, 2.75) is 18.8 Å². The minimum atomic E-state index is -0.921. The number of hydrogen-bond acceptors (Lipinski definition) is 4. The van der Waals surface area contributed by atoms with Crippen LogP contribution in [0.3, 0.4) is 0 Å². The van der Waals surface area contributed by atoms with Gasteiger partial charge in [-0.15, -0.1) is 0 Å². The van der Waals surface area contributed by atoms with Gasteiger partial charge in [0.25, 0.3) is 5.91 Å². The number of fused-ring (bicyclic) bond motifs is 1. The molecule has 33 heavy (non-hydrogen) atoms. The fraction of sp³-hybridized carbons (Fsp3) is 0.200. The Kier molecular flexibility index (Phi) is 6.79. The summed E-state index contributed by atoms with van der Waals surface area (Å²) in [5.41, 5.74) is 1.92. The van der Waals surface area contributed by atoms with Gasteiger partial charge in [0.1, 0.15) is 23.1 Å². The van der Waals surface area contributed by atoms with Gasteiger partial charge in [0.2, 0.25) is 0 Å². The second-order valence-corrected chi connectivity index (χ2v) is 8.01. The van der Waals surface area contributed by atoms with Gasteiger partial charge in [0.05, 0.1) is 17.5 Å². The summed E-state index contributed by atoms with van der Waals surface area (Å²) in [4.78, 5) is 23.8. The molecule has 0 aromatic heterocycles. The van der Waals surface area contributed by atoms with E-state index in [9.17, 15) is 19.1 Å².